The standard InChI is InChI=1S/C10H15N3O2/c1-2-15-8-4-3-6-12-10(8)13-7-5-9(11)14/h3-4,6H,2,5,7H2,1H3,(H2,11,14)(H,12,13). The van der Waals surface area contributed by atoms with E-state index in [4.69, 9.17) is 10.5 Å². The van der Waals surface area contributed by atoms with Crippen molar-refractivity contribution in [3.63, 3.8) is 0 Å². The van der Waals surface area contributed by atoms with Gasteiger partial charge in [0.2, 0.25) is 5.91 Å². The number of hydrogen-bond donors (Lipinski definition) is 2. The molecule has 82 valence electrons. The van der Waals surface area contributed by atoms with E-state index in [2.05, 4.69) is 10.3 Å². The molecular formula is C10H15N3O2. The van der Waals surface area contributed by atoms with E-state index in [1.165, 1.54) is 0 Å². The maximum absolute atomic E-state index is 10.5. The molecule has 0 radical (unpaired) electrons. The Morgan fingerprint density at radius 1 is 1.67 bits per heavy atom. The summed E-state index contributed by atoms with van der Waals surface area (Å²) < 4.78 is 5.35. The number of nitrogens with two attached hydrogens (primary N) is 1. The molecule has 0 atom stereocenters. The normalized spacial score (nSPS) is 9.67. The number of amides is 1. The molecule has 1 aromatic heterocycles. The highest BCUT2D eigenvalue weighted by molar-refractivity contribution is 5.74. The minimum Gasteiger partial charge on any atom is -0.490 e. The summed E-state index contributed by atoms with van der Waals surface area (Å²) in [5, 5.41) is 2.99. The van der Waals surface area contributed by atoms with Crippen molar-refractivity contribution < 1.29 is 9.53 Å². The van der Waals surface area contributed by atoms with Crippen LogP contribution in [0.2, 0.25) is 0 Å². The molecule has 0 aliphatic rings. The summed E-state index contributed by atoms with van der Waals surface area (Å²) in [4.78, 5) is 14.6. The number of rotatable bonds is 6. The van der Waals surface area contributed by atoms with Crippen LogP contribution in [0.15, 0.2) is 18.3 Å². The predicted molar refractivity (Wildman–Crippen MR) is 57.7 cm³/mol. The molecule has 5 heteroatoms. The summed E-state index contributed by atoms with van der Waals surface area (Å²) in [6.45, 7) is 2.95. The van der Waals surface area contributed by atoms with E-state index in [-0.39, 0.29) is 12.3 Å². The maximum Gasteiger partial charge on any atom is 0.219 e. The van der Waals surface area contributed by atoms with E-state index >= 15 is 0 Å². The predicted octanol–water partition coefficient (Wildman–Crippen LogP) is 0.768. The third kappa shape index (κ3) is 3.84. The van der Waals surface area contributed by atoms with Gasteiger partial charge in [-0.15, -0.1) is 0 Å². The smallest absolute Gasteiger partial charge is 0.219 e. The first-order valence-electron chi connectivity index (χ1n) is 4.84. The van der Waals surface area contributed by atoms with Gasteiger partial charge in [0.1, 0.15) is 0 Å². The second kappa shape index (κ2) is 5.85. The lowest BCUT2D eigenvalue weighted by Crippen LogP contribution is -2.16. The SMILES string of the molecule is CCOc1cccnc1NCCC(N)=O. The van der Waals surface area contributed by atoms with Crippen molar-refractivity contribution in [1.82, 2.24) is 4.98 Å². The summed E-state index contributed by atoms with van der Waals surface area (Å²) in [7, 11) is 0. The van der Waals surface area contributed by atoms with E-state index in [1.54, 1.807) is 12.3 Å². The number of primary amides is 1. The van der Waals surface area contributed by atoms with E-state index in [9.17, 15) is 4.79 Å². The van der Waals surface area contributed by atoms with Crippen molar-refractivity contribution in [2.24, 2.45) is 5.73 Å². The number of hydrogen-bond acceptors (Lipinski definition) is 4. The fourth-order valence-corrected chi connectivity index (χ4v) is 1.10. The molecule has 5 nitrogen and oxygen atoms in total. The molecule has 0 aliphatic carbocycles. The van der Waals surface area contributed by atoms with E-state index in [1.807, 2.05) is 13.0 Å². The second-order valence-corrected chi connectivity index (χ2v) is 2.93. The Morgan fingerprint density at radius 3 is 3.13 bits per heavy atom. The molecule has 0 bridgehead atoms. The van der Waals surface area contributed by atoms with Crippen molar-refractivity contribution in [2.75, 3.05) is 18.5 Å². The lowest BCUT2D eigenvalue weighted by molar-refractivity contribution is -0.117. The molecule has 1 amide bonds. The molecular weight excluding hydrogens is 194 g/mol. The van der Waals surface area contributed by atoms with Crippen molar-refractivity contribution >= 4 is 11.7 Å². The number of nitrogens with one attached hydrogen (secondary N) is 1. The van der Waals surface area contributed by atoms with Gasteiger partial charge in [-0.05, 0) is 19.1 Å². The Bertz CT molecular complexity index is 328. The number of pyridine rings is 1. The number of ether oxygens (including phenoxy) is 1. The van der Waals surface area contributed by atoms with E-state index in [0.29, 0.717) is 24.7 Å². The molecule has 0 aliphatic heterocycles. The monoisotopic (exact) mass is 209 g/mol. The minimum absolute atomic E-state index is 0.280. The Balaban J connectivity index is 2.55. The number of aromatic nitrogens is 1. The lowest BCUT2D eigenvalue weighted by atomic mass is 10.4. The van der Waals surface area contributed by atoms with Crippen LogP contribution in [0, 0.1) is 0 Å². The zero-order valence-electron chi connectivity index (χ0n) is 8.69. The van der Waals surface area contributed by atoms with Crippen LogP contribution in [0.5, 0.6) is 5.75 Å². The van der Waals surface area contributed by atoms with Gasteiger partial charge in [-0.1, -0.05) is 0 Å². The Hall–Kier alpha value is -1.78. The van der Waals surface area contributed by atoms with Crippen LogP contribution < -0.4 is 15.8 Å². The van der Waals surface area contributed by atoms with Crippen molar-refractivity contribution in [2.45, 2.75) is 13.3 Å². The van der Waals surface area contributed by atoms with Gasteiger partial charge in [-0.3, -0.25) is 4.79 Å². The summed E-state index contributed by atoms with van der Waals surface area (Å²) in [6, 6.07) is 3.62. The van der Waals surface area contributed by atoms with Crippen LogP contribution in [0.1, 0.15) is 13.3 Å². The summed E-state index contributed by atoms with van der Waals surface area (Å²) >= 11 is 0. The van der Waals surface area contributed by atoms with Crippen LogP contribution in [0.4, 0.5) is 5.82 Å². The topological polar surface area (TPSA) is 77.2 Å². The Morgan fingerprint density at radius 2 is 2.47 bits per heavy atom. The Labute approximate surface area is 88.6 Å². The molecule has 1 heterocycles. The molecule has 1 aromatic rings. The summed E-state index contributed by atoms with van der Waals surface area (Å²) in [5.41, 5.74) is 5.02. The van der Waals surface area contributed by atoms with Crippen LogP contribution in [0.25, 0.3) is 0 Å². The van der Waals surface area contributed by atoms with Crippen LogP contribution in [-0.4, -0.2) is 24.0 Å². The van der Waals surface area contributed by atoms with Gasteiger partial charge in [-0.25, -0.2) is 4.98 Å². The Kier molecular flexibility index (Phi) is 4.40. The number of nitrogens with zero attached hydrogens (tertiary/aromatic N) is 1. The highest BCUT2D eigenvalue weighted by Gasteiger charge is 2.03. The average Bonchev–Trinajstić information content (AvgIpc) is 2.20. The second-order valence-electron chi connectivity index (χ2n) is 2.93. The summed E-state index contributed by atoms with van der Waals surface area (Å²) in [6.07, 6.45) is 1.94. The molecule has 0 aromatic carbocycles. The van der Waals surface area contributed by atoms with Crippen molar-refractivity contribution in [3.05, 3.63) is 18.3 Å². The van der Waals surface area contributed by atoms with Gasteiger partial charge in [-0.2, -0.15) is 0 Å². The first-order valence-corrected chi connectivity index (χ1v) is 4.84. The zero-order chi connectivity index (χ0) is 11.1. The number of carbonyl (C=O) groups is 1. The lowest BCUT2D eigenvalue weighted by Gasteiger charge is -2.09. The van der Waals surface area contributed by atoms with Gasteiger partial charge >= 0.3 is 0 Å². The molecule has 0 spiro atoms. The van der Waals surface area contributed by atoms with Gasteiger partial charge in [0, 0.05) is 19.2 Å². The quantitative estimate of drug-likeness (QED) is 0.725. The molecule has 3 N–H and O–H groups in total. The number of anilines is 1. The van der Waals surface area contributed by atoms with Gasteiger partial charge in [0.05, 0.1) is 6.61 Å². The molecule has 0 saturated carbocycles. The number of carbonyl (C=O) groups excluding carboxylic acids is 1. The molecule has 0 fully saturated rings. The minimum atomic E-state index is -0.337. The average molecular weight is 209 g/mol. The van der Waals surface area contributed by atoms with Gasteiger partial charge in [0.25, 0.3) is 0 Å². The largest absolute Gasteiger partial charge is 0.490 e. The molecule has 1 rings (SSSR count). The van der Waals surface area contributed by atoms with Gasteiger partial charge in [0.15, 0.2) is 11.6 Å². The van der Waals surface area contributed by atoms with Gasteiger partial charge < -0.3 is 15.8 Å². The highest BCUT2D eigenvalue weighted by atomic mass is 16.5. The fraction of sp³-hybridized carbons (Fsp3) is 0.400. The summed E-state index contributed by atoms with van der Waals surface area (Å²) in [5.74, 6) is 0.987. The van der Waals surface area contributed by atoms with E-state index < -0.39 is 0 Å². The van der Waals surface area contributed by atoms with Crippen molar-refractivity contribution in [1.29, 1.82) is 0 Å². The molecule has 0 unspecified atom stereocenters. The first kappa shape index (κ1) is 11.3. The molecule has 0 saturated heterocycles. The first-order chi connectivity index (χ1) is 7.24. The third-order valence-corrected chi connectivity index (χ3v) is 1.73. The fourth-order valence-electron chi connectivity index (χ4n) is 1.10. The van der Waals surface area contributed by atoms with E-state index in [0.717, 1.165) is 0 Å². The van der Waals surface area contributed by atoms with Crippen molar-refractivity contribution in [3.8, 4) is 5.75 Å². The third-order valence-electron chi connectivity index (χ3n) is 1.73. The highest BCUT2D eigenvalue weighted by Crippen LogP contribution is 2.20. The van der Waals surface area contributed by atoms with Crippen LogP contribution >= 0.6 is 0 Å². The van der Waals surface area contributed by atoms with Crippen LogP contribution in [-0.2, 0) is 4.79 Å². The maximum atomic E-state index is 10.5. The molecule has 15 heavy (non-hydrogen) atoms. The van der Waals surface area contributed by atoms with Crippen LogP contribution in [0.3, 0.4) is 0 Å². The zero-order valence-corrected chi connectivity index (χ0v) is 8.69.